The van der Waals surface area contributed by atoms with Crippen LogP contribution in [0.15, 0.2) is 55.1 Å². The third-order valence-electron chi connectivity index (χ3n) is 2.07. The summed E-state index contributed by atoms with van der Waals surface area (Å²) in [7, 11) is 0. The molecule has 0 spiro atoms. The van der Waals surface area contributed by atoms with Gasteiger partial charge in [-0.2, -0.15) is 0 Å². The normalized spacial score (nSPS) is 12.0. The Balaban J connectivity index is 3.01. The van der Waals surface area contributed by atoms with Gasteiger partial charge in [-0.1, -0.05) is 60.7 Å². The quantitative estimate of drug-likeness (QED) is 0.619. The lowest BCUT2D eigenvalue weighted by molar-refractivity contribution is 1.45. The van der Waals surface area contributed by atoms with Crippen LogP contribution in [0.3, 0.4) is 0 Å². The van der Waals surface area contributed by atoms with Gasteiger partial charge in [0.15, 0.2) is 0 Å². The molecule has 0 heteroatoms. The fraction of sp³-hybridized carbons (Fsp3) is 0.143. The van der Waals surface area contributed by atoms with Gasteiger partial charge >= 0.3 is 0 Å². The van der Waals surface area contributed by atoms with Gasteiger partial charge < -0.3 is 0 Å². The third kappa shape index (κ3) is 2.74. The summed E-state index contributed by atoms with van der Waals surface area (Å²) in [4.78, 5) is 0. The minimum Gasteiger partial charge on any atom is -0.0984 e. The fourth-order valence-corrected chi connectivity index (χ4v) is 1.23. The van der Waals surface area contributed by atoms with E-state index in [1.54, 1.807) is 0 Å². The molecule has 1 aromatic rings. The third-order valence-corrected chi connectivity index (χ3v) is 2.07. The molecule has 72 valence electrons. The van der Waals surface area contributed by atoms with Crippen molar-refractivity contribution in [1.82, 2.24) is 0 Å². The molecule has 1 rings (SSSR count). The lowest BCUT2D eigenvalue weighted by atomic mass is 10.0. The number of hydrogen-bond acceptors (Lipinski definition) is 0. The van der Waals surface area contributed by atoms with Crippen molar-refractivity contribution in [1.29, 1.82) is 0 Å². The number of allylic oxidation sites excluding steroid dienone is 5. The van der Waals surface area contributed by atoms with Crippen molar-refractivity contribution in [2.75, 3.05) is 0 Å². The number of hydrogen-bond donors (Lipinski definition) is 0. The van der Waals surface area contributed by atoms with Crippen LogP contribution >= 0.6 is 0 Å². The monoisotopic (exact) mass is 184 g/mol. The maximum atomic E-state index is 3.81. The van der Waals surface area contributed by atoms with Gasteiger partial charge in [0.2, 0.25) is 0 Å². The van der Waals surface area contributed by atoms with E-state index >= 15 is 0 Å². The molecule has 0 atom stereocenters. The Kier molecular flexibility index (Phi) is 3.93. The van der Waals surface area contributed by atoms with Crippen LogP contribution in [0.25, 0.3) is 5.57 Å². The largest absolute Gasteiger partial charge is 0.0984 e. The van der Waals surface area contributed by atoms with Gasteiger partial charge in [0, 0.05) is 0 Å². The topological polar surface area (TPSA) is 0 Å². The first-order valence-corrected chi connectivity index (χ1v) is 4.80. The second-order valence-corrected chi connectivity index (χ2v) is 3.22. The Morgan fingerprint density at radius 2 is 1.86 bits per heavy atom. The molecule has 0 aliphatic carbocycles. The van der Waals surface area contributed by atoms with E-state index in [1.165, 1.54) is 11.1 Å². The van der Waals surface area contributed by atoms with Crippen molar-refractivity contribution in [3.05, 3.63) is 66.3 Å². The van der Waals surface area contributed by atoms with E-state index in [4.69, 9.17) is 0 Å². The van der Waals surface area contributed by atoms with Gasteiger partial charge in [-0.05, 0) is 25.0 Å². The molecule has 0 heterocycles. The number of benzene rings is 1. The summed E-state index contributed by atoms with van der Waals surface area (Å²) in [5.74, 6) is 0. The van der Waals surface area contributed by atoms with Crippen LogP contribution in [0.1, 0.15) is 18.1 Å². The van der Waals surface area contributed by atoms with Crippen LogP contribution in [0.5, 0.6) is 0 Å². The van der Waals surface area contributed by atoms with Crippen molar-refractivity contribution in [3.8, 4) is 0 Å². The molecule has 1 aromatic carbocycles. The van der Waals surface area contributed by atoms with Crippen LogP contribution in [0.2, 0.25) is 0 Å². The molecule has 0 bridgehead atoms. The molecule has 0 aliphatic rings. The fourth-order valence-electron chi connectivity index (χ4n) is 1.23. The van der Waals surface area contributed by atoms with Gasteiger partial charge in [-0.3, -0.25) is 0 Å². The first-order valence-electron chi connectivity index (χ1n) is 4.80. The average Bonchev–Trinajstić information content (AvgIpc) is 2.21. The SMILES string of the molecule is C=C/C(=C\C=C/C)c1ccc(C)cc1. The van der Waals surface area contributed by atoms with E-state index in [-0.39, 0.29) is 0 Å². The molecule has 0 unspecified atom stereocenters. The molecule has 0 amide bonds. The van der Waals surface area contributed by atoms with Gasteiger partial charge in [-0.25, -0.2) is 0 Å². The Morgan fingerprint density at radius 3 is 2.36 bits per heavy atom. The van der Waals surface area contributed by atoms with Crippen LogP contribution in [0.4, 0.5) is 0 Å². The van der Waals surface area contributed by atoms with Gasteiger partial charge in [0.25, 0.3) is 0 Å². The first-order chi connectivity index (χ1) is 6.77. The molecule has 0 aromatic heterocycles. The van der Waals surface area contributed by atoms with E-state index < -0.39 is 0 Å². The van der Waals surface area contributed by atoms with Crippen molar-refractivity contribution < 1.29 is 0 Å². The highest BCUT2D eigenvalue weighted by molar-refractivity contribution is 5.74. The van der Waals surface area contributed by atoms with E-state index in [0.29, 0.717) is 0 Å². The summed E-state index contributed by atoms with van der Waals surface area (Å²) in [5, 5.41) is 0. The molecule has 0 N–H and O–H groups in total. The minimum atomic E-state index is 1.16. The highest BCUT2D eigenvalue weighted by Gasteiger charge is 1.94. The highest BCUT2D eigenvalue weighted by atomic mass is 14.0. The summed E-state index contributed by atoms with van der Waals surface area (Å²) in [6.07, 6.45) is 7.98. The van der Waals surface area contributed by atoms with Gasteiger partial charge in [-0.15, -0.1) is 0 Å². The zero-order valence-electron chi connectivity index (χ0n) is 8.83. The maximum Gasteiger partial charge on any atom is -0.0184 e. The van der Waals surface area contributed by atoms with Crippen LogP contribution < -0.4 is 0 Å². The predicted molar refractivity (Wildman–Crippen MR) is 64.2 cm³/mol. The van der Waals surface area contributed by atoms with E-state index in [2.05, 4.69) is 43.8 Å². The zero-order valence-corrected chi connectivity index (χ0v) is 8.83. The number of aryl methyl sites for hydroxylation is 1. The van der Waals surface area contributed by atoms with E-state index in [0.717, 1.165) is 5.57 Å². The zero-order chi connectivity index (χ0) is 10.4. The smallest absolute Gasteiger partial charge is 0.0184 e. The lowest BCUT2D eigenvalue weighted by Crippen LogP contribution is -1.80. The molecule has 0 nitrogen and oxygen atoms in total. The Morgan fingerprint density at radius 1 is 1.21 bits per heavy atom. The van der Waals surface area contributed by atoms with Crippen molar-refractivity contribution in [3.63, 3.8) is 0 Å². The summed E-state index contributed by atoms with van der Waals surface area (Å²) in [6, 6.07) is 8.46. The van der Waals surface area contributed by atoms with E-state index in [9.17, 15) is 0 Å². The van der Waals surface area contributed by atoms with Crippen molar-refractivity contribution in [2.24, 2.45) is 0 Å². The van der Waals surface area contributed by atoms with Crippen molar-refractivity contribution in [2.45, 2.75) is 13.8 Å². The predicted octanol–water partition coefficient (Wildman–Crippen LogP) is 4.14. The van der Waals surface area contributed by atoms with Crippen LogP contribution in [0, 0.1) is 6.92 Å². The molecule has 0 saturated heterocycles. The number of rotatable bonds is 3. The molecular formula is C14H16. The summed E-state index contributed by atoms with van der Waals surface area (Å²) >= 11 is 0. The summed E-state index contributed by atoms with van der Waals surface area (Å²) < 4.78 is 0. The maximum absolute atomic E-state index is 3.81. The summed E-state index contributed by atoms with van der Waals surface area (Å²) in [5.41, 5.74) is 3.65. The molecule has 0 saturated carbocycles. The van der Waals surface area contributed by atoms with Gasteiger partial charge in [0.1, 0.15) is 0 Å². The standard InChI is InChI=1S/C14H16/c1-4-6-7-13(5-2)14-10-8-12(3)9-11-14/h4-11H,2H2,1,3H3/b6-4-,13-7+. The average molecular weight is 184 g/mol. The van der Waals surface area contributed by atoms with Crippen LogP contribution in [-0.2, 0) is 0 Å². The minimum absolute atomic E-state index is 1.16. The van der Waals surface area contributed by atoms with Crippen LogP contribution in [-0.4, -0.2) is 0 Å². The Bertz CT molecular complexity index is 350. The Hall–Kier alpha value is -1.56. The first kappa shape index (κ1) is 10.5. The lowest BCUT2D eigenvalue weighted by Gasteiger charge is -2.01. The van der Waals surface area contributed by atoms with Gasteiger partial charge in [0.05, 0.1) is 0 Å². The summed E-state index contributed by atoms with van der Waals surface area (Å²) in [6.45, 7) is 7.91. The van der Waals surface area contributed by atoms with E-state index in [1.807, 2.05) is 25.2 Å². The molecule has 0 fully saturated rings. The molecular weight excluding hydrogens is 168 g/mol. The second kappa shape index (κ2) is 5.23. The Labute approximate surface area is 86.3 Å². The molecule has 0 aliphatic heterocycles. The second-order valence-electron chi connectivity index (χ2n) is 3.22. The molecule has 0 radical (unpaired) electrons. The highest BCUT2D eigenvalue weighted by Crippen LogP contribution is 2.15. The molecule has 14 heavy (non-hydrogen) atoms. The van der Waals surface area contributed by atoms with Crippen molar-refractivity contribution >= 4 is 5.57 Å².